The minimum atomic E-state index is -0.732. The number of amides is 1. The molecule has 0 unspecified atom stereocenters. The third-order valence-corrected chi connectivity index (χ3v) is 4.14. The Balaban J connectivity index is 2.43. The van der Waals surface area contributed by atoms with Crippen molar-refractivity contribution in [2.45, 2.75) is 39.7 Å². The second-order valence-electron chi connectivity index (χ2n) is 5.90. The lowest BCUT2D eigenvalue weighted by atomic mass is 10.1. The number of unbranched alkanes of at least 4 members (excludes halogenated alkanes) is 1. The molecule has 0 bridgehead atoms. The summed E-state index contributed by atoms with van der Waals surface area (Å²) in [5.74, 6) is -1.03. The first-order chi connectivity index (χ1) is 12.4. The fourth-order valence-corrected chi connectivity index (χ4v) is 2.74. The summed E-state index contributed by atoms with van der Waals surface area (Å²) in [5, 5.41) is 0. The number of anilines is 2. The van der Waals surface area contributed by atoms with Crippen LogP contribution >= 0.6 is 0 Å². The zero-order chi connectivity index (χ0) is 19.3. The lowest BCUT2D eigenvalue weighted by molar-refractivity contribution is -0.118. The van der Waals surface area contributed by atoms with Crippen molar-refractivity contribution in [1.82, 2.24) is 9.55 Å². The molecule has 2 aromatic rings. The van der Waals surface area contributed by atoms with Crippen LogP contribution in [-0.4, -0.2) is 22.0 Å². The van der Waals surface area contributed by atoms with E-state index in [0.717, 1.165) is 6.42 Å². The highest BCUT2D eigenvalue weighted by molar-refractivity contribution is 5.96. The summed E-state index contributed by atoms with van der Waals surface area (Å²) in [6.07, 6.45) is 1.32. The largest absolute Gasteiger partial charge is 0.383 e. The Labute approximate surface area is 150 Å². The minimum Gasteiger partial charge on any atom is -0.383 e. The smallest absolute Gasteiger partial charge is 0.330 e. The number of benzene rings is 1. The van der Waals surface area contributed by atoms with Gasteiger partial charge >= 0.3 is 5.69 Å². The standard InChI is InChI=1S/C18H23FN4O3/c1-3-5-10-23-16(20)15(17(25)21-18(23)26)22(4-2)14(24)11-12-8-6-7-9-13(12)19/h6-9H,3-5,10-11,20H2,1-2H3,(H,21,25,26). The zero-order valence-electron chi connectivity index (χ0n) is 14.9. The molecular weight excluding hydrogens is 339 g/mol. The van der Waals surface area contributed by atoms with Crippen molar-refractivity contribution < 1.29 is 9.18 Å². The maximum atomic E-state index is 13.8. The fourth-order valence-electron chi connectivity index (χ4n) is 2.74. The molecule has 0 aliphatic rings. The molecule has 0 saturated carbocycles. The summed E-state index contributed by atoms with van der Waals surface area (Å²) in [7, 11) is 0. The van der Waals surface area contributed by atoms with Crippen molar-refractivity contribution in [3.05, 3.63) is 56.5 Å². The first kappa shape index (κ1) is 19.4. The third kappa shape index (κ3) is 4.01. The number of nitrogens with one attached hydrogen (secondary N) is 1. The van der Waals surface area contributed by atoms with Gasteiger partial charge in [-0.05, 0) is 25.0 Å². The molecule has 7 nitrogen and oxygen atoms in total. The Morgan fingerprint density at radius 3 is 2.58 bits per heavy atom. The molecule has 0 saturated heterocycles. The molecule has 0 aliphatic carbocycles. The average molecular weight is 362 g/mol. The Bertz CT molecular complexity index is 904. The van der Waals surface area contributed by atoms with Crippen LogP contribution in [0.25, 0.3) is 0 Å². The number of nitrogens with two attached hydrogens (primary N) is 1. The fraction of sp³-hybridized carbons (Fsp3) is 0.389. The van der Waals surface area contributed by atoms with Crippen molar-refractivity contribution in [3.63, 3.8) is 0 Å². The van der Waals surface area contributed by atoms with Crippen molar-refractivity contribution >= 4 is 17.4 Å². The van der Waals surface area contributed by atoms with E-state index >= 15 is 0 Å². The number of hydrogen-bond acceptors (Lipinski definition) is 4. The van der Waals surface area contributed by atoms with Gasteiger partial charge in [0.1, 0.15) is 11.6 Å². The number of hydrogen-bond donors (Lipinski definition) is 2. The van der Waals surface area contributed by atoms with Crippen molar-refractivity contribution in [2.24, 2.45) is 0 Å². The number of carbonyl (C=O) groups is 1. The van der Waals surface area contributed by atoms with Gasteiger partial charge in [0.15, 0.2) is 5.69 Å². The van der Waals surface area contributed by atoms with Gasteiger partial charge in [0.05, 0.1) is 6.42 Å². The van der Waals surface area contributed by atoms with E-state index in [1.807, 2.05) is 6.92 Å². The summed E-state index contributed by atoms with van der Waals surface area (Å²) in [6, 6.07) is 5.95. The Hall–Kier alpha value is -2.90. The van der Waals surface area contributed by atoms with Crippen LogP contribution in [0.15, 0.2) is 33.9 Å². The maximum Gasteiger partial charge on any atom is 0.330 e. The van der Waals surface area contributed by atoms with Gasteiger partial charge in [-0.3, -0.25) is 19.1 Å². The van der Waals surface area contributed by atoms with Crippen LogP contribution in [0, 0.1) is 5.82 Å². The predicted octanol–water partition coefficient (Wildman–Crippen LogP) is 1.65. The van der Waals surface area contributed by atoms with E-state index in [2.05, 4.69) is 4.98 Å². The Kier molecular flexibility index (Phi) is 6.32. The summed E-state index contributed by atoms with van der Waals surface area (Å²) < 4.78 is 15.1. The number of aromatic amines is 1. The van der Waals surface area contributed by atoms with Crippen molar-refractivity contribution in [3.8, 4) is 0 Å². The number of nitrogens with zero attached hydrogens (tertiary/aromatic N) is 2. The van der Waals surface area contributed by atoms with Gasteiger partial charge in [0.25, 0.3) is 5.56 Å². The van der Waals surface area contributed by atoms with Gasteiger partial charge in [0, 0.05) is 13.1 Å². The molecule has 0 fully saturated rings. The van der Waals surface area contributed by atoms with Gasteiger partial charge in [0.2, 0.25) is 5.91 Å². The molecule has 26 heavy (non-hydrogen) atoms. The molecular formula is C18H23FN4O3. The Morgan fingerprint density at radius 1 is 1.27 bits per heavy atom. The lowest BCUT2D eigenvalue weighted by Crippen LogP contribution is -2.41. The van der Waals surface area contributed by atoms with Crippen LogP contribution in [-0.2, 0) is 17.8 Å². The molecule has 1 aromatic heterocycles. The van der Waals surface area contributed by atoms with Gasteiger partial charge < -0.3 is 10.6 Å². The van der Waals surface area contributed by atoms with Crippen LogP contribution in [0.4, 0.5) is 15.9 Å². The average Bonchev–Trinajstić information content (AvgIpc) is 2.60. The van der Waals surface area contributed by atoms with Crippen LogP contribution in [0.5, 0.6) is 0 Å². The number of rotatable bonds is 7. The highest BCUT2D eigenvalue weighted by atomic mass is 19.1. The minimum absolute atomic E-state index is 0.0593. The quantitative estimate of drug-likeness (QED) is 0.782. The van der Waals surface area contributed by atoms with E-state index in [-0.39, 0.29) is 30.0 Å². The van der Waals surface area contributed by atoms with Crippen LogP contribution < -0.4 is 21.9 Å². The molecule has 0 spiro atoms. The van der Waals surface area contributed by atoms with E-state index in [4.69, 9.17) is 5.73 Å². The molecule has 0 radical (unpaired) electrons. The van der Waals surface area contributed by atoms with Gasteiger partial charge in [-0.2, -0.15) is 0 Å². The van der Waals surface area contributed by atoms with Gasteiger partial charge in [-0.1, -0.05) is 31.5 Å². The maximum absolute atomic E-state index is 13.8. The number of nitrogen functional groups attached to an aromatic ring is 1. The first-order valence-corrected chi connectivity index (χ1v) is 8.57. The second kappa shape index (κ2) is 8.46. The highest BCUT2D eigenvalue weighted by Crippen LogP contribution is 2.19. The number of halogens is 1. The molecule has 1 amide bonds. The van der Waals surface area contributed by atoms with Crippen molar-refractivity contribution in [1.29, 1.82) is 0 Å². The summed E-state index contributed by atoms with van der Waals surface area (Å²) in [6.45, 7) is 4.14. The van der Waals surface area contributed by atoms with Crippen LogP contribution in [0.2, 0.25) is 0 Å². The zero-order valence-corrected chi connectivity index (χ0v) is 14.9. The predicted molar refractivity (Wildman–Crippen MR) is 98.8 cm³/mol. The molecule has 0 atom stereocenters. The number of carbonyl (C=O) groups excluding carboxylic acids is 1. The van der Waals surface area contributed by atoms with E-state index in [1.54, 1.807) is 13.0 Å². The summed E-state index contributed by atoms with van der Waals surface area (Å²) >= 11 is 0. The molecule has 1 aromatic carbocycles. The summed E-state index contributed by atoms with van der Waals surface area (Å²) in [4.78, 5) is 40.4. The molecule has 1 heterocycles. The second-order valence-corrected chi connectivity index (χ2v) is 5.90. The monoisotopic (exact) mass is 362 g/mol. The molecule has 2 rings (SSSR count). The first-order valence-electron chi connectivity index (χ1n) is 8.57. The number of H-pyrrole nitrogens is 1. The van der Waals surface area contributed by atoms with Gasteiger partial charge in [-0.25, -0.2) is 9.18 Å². The van der Waals surface area contributed by atoms with Crippen LogP contribution in [0.3, 0.4) is 0 Å². The number of aromatic nitrogens is 2. The topological polar surface area (TPSA) is 101 Å². The lowest BCUT2D eigenvalue weighted by Gasteiger charge is -2.23. The normalized spacial score (nSPS) is 10.7. The van der Waals surface area contributed by atoms with Crippen LogP contribution in [0.1, 0.15) is 32.3 Å². The summed E-state index contributed by atoms with van der Waals surface area (Å²) in [5.41, 5.74) is 4.84. The van der Waals surface area contributed by atoms with E-state index in [9.17, 15) is 18.8 Å². The van der Waals surface area contributed by atoms with E-state index in [1.165, 1.54) is 27.7 Å². The highest BCUT2D eigenvalue weighted by Gasteiger charge is 2.23. The molecule has 140 valence electrons. The molecule has 0 aliphatic heterocycles. The Morgan fingerprint density at radius 2 is 1.96 bits per heavy atom. The van der Waals surface area contributed by atoms with E-state index in [0.29, 0.717) is 13.0 Å². The van der Waals surface area contributed by atoms with Crippen molar-refractivity contribution in [2.75, 3.05) is 17.2 Å². The molecule has 8 heteroatoms. The SMILES string of the molecule is CCCCn1c(N)c(N(CC)C(=O)Cc2ccccc2F)c(=O)[nH]c1=O. The van der Waals surface area contributed by atoms with Gasteiger partial charge in [-0.15, -0.1) is 0 Å². The molecule has 3 N–H and O–H groups in total. The third-order valence-electron chi connectivity index (χ3n) is 4.14. The number of likely N-dealkylation sites (N-methyl/N-ethyl adjacent to an activating group) is 1. The van der Waals surface area contributed by atoms with E-state index < -0.39 is 23.0 Å².